The molecule has 1 saturated heterocycles. The highest BCUT2D eigenvalue weighted by atomic mass is 35.5. The summed E-state index contributed by atoms with van der Waals surface area (Å²) in [5.74, 6) is 1.00. The molecule has 32 heavy (non-hydrogen) atoms. The number of carbonyl (C=O) groups excluding carboxylic acids is 1. The van der Waals surface area contributed by atoms with Gasteiger partial charge in [0.15, 0.2) is 5.17 Å². The smallest absolute Gasteiger partial charge is 0.264 e. The molecule has 5 nitrogen and oxygen atoms in total. The number of thioether (sulfide) groups is 1. The van der Waals surface area contributed by atoms with Gasteiger partial charge in [-0.1, -0.05) is 24.6 Å². The molecule has 2 aromatic rings. The van der Waals surface area contributed by atoms with Crippen molar-refractivity contribution in [1.82, 2.24) is 5.32 Å². The highest BCUT2D eigenvalue weighted by Crippen LogP contribution is 2.46. The van der Waals surface area contributed by atoms with Crippen molar-refractivity contribution in [2.75, 3.05) is 18.6 Å². The molecule has 0 spiro atoms. The van der Waals surface area contributed by atoms with E-state index in [1.54, 1.807) is 19.2 Å². The highest BCUT2D eigenvalue weighted by Gasteiger charge is 2.36. The molecule has 168 valence electrons. The molecular weight excluding hydrogens is 442 g/mol. The number of rotatable bonds is 4. The highest BCUT2D eigenvalue weighted by molar-refractivity contribution is 8.18. The van der Waals surface area contributed by atoms with Gasteiger partial charge in [0, 0.05) is 34.4 Å². The Hall–Kier alpha value is -2.44. The summed E-state index contributed by atoms with van der Waals surface area (Å²) in [6.07, 6.45) is 2.96. The number of nitrogens with zero attached hydrogens (tertiary/aromatic N) is 2. The monoisotopic (exact) mass is 469 g/mol. The molecule has 2 aliphatic rings. The lowest BCUT2D eigenvalue weighted by Crippen LogP contribution is -2.48. The van der Waals surface area contributed by atoms with E-state index in [4.69, 9.17) is 16.3 Å². The molecule has 0 radical (unpaired) electrons. The molecule has 0 aromatic heterocycles. The van der Waals surface area contributed by atoms with Gasteiger partial charge in [0.1, 0.15) is 5.75 Å². The summed E-state index contributed by atoms with van der Waals surface area (Å²) in [6, 6.07) is 11.5. The van der Waals surface area contributed by atoms with Crippen molar-refractivity contribution < 1.29 is 9.53 Å². The molecule has 0 aliphatic carbocycles. The second-order valence-electron chi connectivity index (χ2n) is 8.78. The fourth-order valence-corrected chi connectivity index (χ4v) is 5.72. The summed E-state index contributed by atoms with van der Waals surface area (Å²) in [4.78, 5) is 20.2. The normalized spacial score (nSPS) is 22.2. The van der Waals surface area contributed by atoms with Crippen molar-refractivity contribution in [2.24, 2.45) is 4.99 Å². The zero-order valence-corrected chi connectivity index (χ0v) is 20.6. The van der Waals surface area contributed by atoms with E-state index in [1.165, 1.54) is 23.0 Å². The lowest BCUT2D eigenvalue weighted by molar-refractivity contribution is -0.115. The zero-order chi connectivity index (χ0) is 23.0. The fourth-order valence-electron chi connectivity index (χ4n) is 4.70. The van der Waals surface area contributed by atoms with Crippen LogP contribution in [0.1, 0.15) is 51.2 Å². The Morgan fingerprint density at radius 3 is 2.81 bits per heavy atom. The van der Waals surface area contributed by atoms with E-state index in [0.717, 1.165) is 24.3 Å². The van der Waals surface area contributed by atoms with Crippen LogP contribution in [0.5, 0.6) is 5.75 Å². The van der Waals surface area contributed by atoms with Gasteiger partial charge in [-0.2, -0.15) is 0 Å². The van der Waals surface area contributed by atoms with Gasteiger partial charge in [-0.15, -0.1) is 0 Å². The van der Waals surface area contributed by atoms with Crippen LogP contribution in [0.3, 0.4) is 0 Å². The Bertz CT molecular complexity index is 1130. The number of amidine groups is 1. The van der Waals surface area contributed by atoms with Gasteiger partial charge in [0.2, 0.25) is 0 Å². The number of hydrogen-bond acceptors (Lipinski definition) is 5. The third-order valence-electron chi connectivity index (χ3n) is 6.03. The summed E-state index contributed by atoms with van der Waals surface area (Å²) in [7, 11) is 1.67. The number of hydrogen-bond donors (Lipinski definition) is 1. The molecule has 0 bridgehead atoms. The van der Waals surface area contributed by atoms with Gasteiger partial charge < -0.3 is 15.0 Å². The van der Waals surface area contributed by atoms with E-state index >= 15 is 0 Å². The first-order valence-electron chi connectivity index (χ1n) is 10.8. The minimum absolute atomic E-state index is 0.0824. The second-order valence-corrected chi connectivity index (χ2v) is 10.2. The van der Waals surface area contributed by atoms with E-state index in [2.05, 4.69) is 55.0 Å². The molecule has 2 heterocycles. The Labute approximate surface area is 198 Å². The largest absolute Gasteiger partial charge is 0.496 e. The average molecular weight is 470 g/mol. The molecule has 0 saturated carbocycles. The van der Waals surface area contributed by atoms with Crippen LogP contribution in [0.2, 0.25) is 5.02 Å². The SMILES string of the molecule is CCN1c2cc(OC)c(/C=C3/SC(=Nc4cccc(Cl)c4)NC3=O)cc2C(C)CC1(C)C. The average Bonchev–Trinajstić information content (AvgIpc) is 3.06. The van der Waals surface area contributed by atoms with E-state index in [1.807, 2.05) is 18.2 Å². The summed E-state index contributed by atoms with van der Waals surface area (Å²) in [6.45, 7) is 9.96. The number of aliphatic imine (C=N–C) groups is 1. The Balaban J connectivity index is 1.70. The molecule has 1 N–H and O–H groups in total. The van der Waals surface area contributed by atoms with Gasteiger partial charge in [-0.25, -0.2) is 4.99 Å². The van der Waals surface area contributed by atoms with Crippen LogP contribution in [0.25, 0.3) is 6.08 Å². The van der Waals surface area contributed by atoms with Crippen molar-refractivity contribution in [3.05, 3.63) is 57.5 Å². The number of benzene rings is 2. The molecule has 1 atom stereocenters. The number of nitrogens with one attached hydrogen (secondary N) is 1. The van der Waals surface area contributed by atoms with Gasteiger partial charge in [-0.05, 0) is 80.8 Å². The molecule has 1 unspecified atom stereocenters. The molecule has 4 rings (SSSR count). The number of ether oxygens (including phenoxy) is 1. The van der Waals surface area contributed by atoms with Crippen molar-refractivity contribution in [2.45, 2.75) is 45.6 Å². The lowest BCUT2D eigenvalue weighted by atomic mass is 9.79. The standard InChI is InChI=1S/C25H28ClN3O2S/c1-6-29-20-13-21(31-5)16(10-19(20)15(2)14-25(29,3)4)11-22-23(30)28-24(32-22)27-18-9-7-8-17(26)12-18/h7-13,15H,6,14H2,1-5H3,(H,27,28,30)/b22-11+. The lowest BCUT2D eigenvalue weighted by Gasteiger charge is -2.47. The van der Waals surface area contributed by atoms with Crippen molar-refractivity contribution in [1.29, 1.82) is 0 Å². The summed E-state index contributed by atoms with van der Waals surface area (Å²) in [5.41, 5.74) is 4.18. The van der Waals surface area contributed by atoms with Crippen LogP contribution < -0.4 is 15.0 Å². The Morgan fingerprint density at radius 1 is 1.34 bits per heavy atom. The third-order valence-corrected chi connectivity index (χ3v) is 7.17. The molecule has 2 aromatic carbocycles. The Morgan fingerprint density at radius 2 is 2.12 bits per heavy atom. The quantitative estimate of drug-likeness (QED) is 0.530. The van der Waals surface area contributed by atoms with E-state index in [-0.39, 0.29) is 11.4 Å². The topological polar surface area (TPSA) is 53.9 Å². The second kappa shape index (κ2) is 8.83. The minimum Gasteiger partial charge on any atom is -0.496 e. The number of halogens is 1. The first-order valence-corrected chi connectivity index (χ1v) is 12.0. The number of carbonyl (C=O) groups is 1. The minimum atomic E-state index is -0.167. The molecule has 2 aliphatic heterocycles. The maximum atomic E-state index is 12.6. The van der Waals surface area contributed by atoms with Crippen LogP contribution in [0.15, 0.2) is 46.3 Å². The molecule has 7 heteroatoms. The van der Waals surface area contributed by atoms with Crippen LogP contribution in [0.4, 0.5) is 11.4 Å². The van der Waals surface area contributed by atoms with Crippen LogP contribution in [-0.4, -0.2) is 30.3 Å². The zero-order valence-electron chi connectivity index (χ0n) is 19.0. The molecule has 1 amide bonds. The van der Waals surface area contributed by atoms with E-state index in [9.17, 15) is 4.79 Å². The predicted octanol–water partition coefficient (Wildman–Crippen LogP) is 6.35. The first-order chi connectivity index (χ1) is 15.2. The molecular formula is C25H28ClN3O2S. The van der Waals surface area contributed by atoms with Gasteiger partial charge >= 0.3 is 0 Å². The predicted molar refractivity (Wildman–Crippen MR) is 135 cm³/mol. The van der Waals surface area contributed by atoms with Crippen molar-refractivity contribution in [3.8, 4) is 5.75 Å². The van der Waals surface area contributed by atoms with E-state index < -0.39 is 0 Å². The van der Waals surface area contributed by atoms with Gasteiger partial charge in [0.25, 0.3) is 5.91 Å². The Kier molecular flexibility index (Phi) is 6.28. The van der Waals surface area contributed by atoms with Crippen molar-refractivity contribution in [3.63, 3.8) is 0 Å². The van der Waals surface area contributed by atoms with Crippen molar-refractivity contribution >= 4 is 51.9 Å². The number of amides is 1. The summed E-state index contributed by atoms with van der Waals surface area (Å²) >= 11 is 7.36. The van der Waals surface area contributed by atoms with Crippen LogP contribution in [-0.2, 0) is 4.79 Å². The fraction of sp³-hybridized carbons (Fsp3) is 0.360. The summed E-state index contributed by atoms with van der Waals surface area (Å²) < 4.78 is 5.73. The maximum Gasteiger partial charge on any atom is 0.264 e. The van der Waals surface area contributed by atoms with Crippen LogP contribution >= 0.6 is 23.4 Å². The summed E-state index contributed by atoms with van der Waals surface area (Å²) in [5, 5.41) is 3.98. The first kappa shape index (κ1) is 22.7. The number of fused-ring (bicyclic) bond motifs is 1. The maximum absolute atomic E-state index is 12.6. The molecule has 1 fully saturated rings. The number of anilines is 1. The van der Waals surface area contributed by atoms with Crippen LogP contribution in [0, 0.1) is 0 Å². The third kappa shape index (κ3) is 4.39. The van der Waals surface area contributed by atoms with E-state index in [0.29, 0.717) is 26.7 Å². The van der Waals surface area contributed by atoms with Gasteiger partial charge in [-0.3, -0.25) is 4.79 Å². The van der Waals surface area contributed by atoms with Gasteiger partial charge in [0.05, 0.1) is 17.7 Å². The number of methoxy groups -OCH3 is 1.